The molecule has 17 heavy (non-hydrogen) atoms. The molecule has 0 atom stereocenters. The second-order valence-electron chi connectivity index (χ2n) is 4.58. The van der Waals surface area contributed by atoms with E-state index in [0.29, 0.717) is 23.6 Å². The summed E-state index contributed by atoms with van der Waals surface area (Å²) in [6.45, 7) is 4.03. The Bertz CT molecular complexity index is 463. The van der Waals surface area contributed by atoms with Crippen molar-refractivity contribution in [3.63, 3.8) is 0 Å². The molecule has 1 aromatic rings. The van der Waals surface area contributed by atoms with Crippen molar-refractivity contribution in [3.05, 3.63) is 28.2 Å². The third-order valence-corrected chi connectivity index (χ3v) is 4.85. The molecular weight excluding hydrogens is 302 g/mol. The van der Waals surface area contributed by atoms with Crippen LogP contribution in [0.2, 0.25) is 0 Å². The average Bonchev–Trinajstić information content (AvgIpc) is 2.21. The molecule has 3 nitrogen and oxygen atoms in total. The molecule has 0 amide bonds. The van der Waals surface area contributed by atoms with Crippen molar-refractivity contribution in [3.8, 4) is 0 Å². The van der Waals surface area contributed by atoms with Crippen LogP contribution in [0, 0.1) is 5.92 Å². The average molecular weight is 320 g/mol. The fraction of sp³-hybridized carbons (Fsp3) is 0.500. The third kappa shape index (κ3) is 4.68. The van der Waals surface area contributed by atoms with Gasteiger partial charge < -0.3 is 5.73 Å². The number of sulfone groups is 1. The monoisotopic (exact) mass is 319 g/mol. The Morgan fingerprint density at radius 3 is 2.53 bits per heavy atom. The number of anilines is 1. The Morgan fingerprint density at radius 1 is 1.35 bits per heavy atom. The lowest BCUT2D eigenvalue weighted by atomic mass is 10.2. The second kappa shape index (κ2) is 5.87. The van der Waals surface area contributed by atoms with Crippen molar-refractivity contribution in [2.75, 3.05) is 11.5 Å². The highest BCUT2D eigenvalue weighted by molar-refractivity contribution is 9.10. The summed E-state index contributed by atoms with van der Waals surface area (Å²) in [5.41, 5.74) is 6.97. The Balaban J connectivity index is 2.83. The number of hydrogen-bond acceptors (Lipinski definition) is 3. The SMILES string of the molecule is CC(C)CCS(=O)(=O)Cc1c(N)cccc1Br. The molecule has 0 aromatic heterocycles. The van der Waals surface area contributed by atoms with Gasteiger partial charge >= 0.3 is 0 Å². The van der Waals surface area contributed by atoms with Gasteiger partial charge in [-0.2, -0.15) is 0 Å². The molecule has 0 unspecified atom stereocenters. The van der Waals surface area contributed by atoms with Crippen molar-refractivity contribution in [2.45, 2.75) is 26.0 Å². The van der Waals surface area contributed by atoms with Crippen LogP contribution in [0.4, 0.5) is 5.69 Å². The first kappa shape index (κ1) is 14.5. The first-order valence-corrected chi connectivity index (χ1v) is 8.16. The molecule has 1 rings (SSSR count). The van der Waals surface area contributed by atoms with E-state index in [1.807, 2.05) is 19.9 Å². The van der Waals surface area contributed by atoms with E-state index in [9.17, 15) is 8.42 Å². The smallest absolute Gasteiger partial charge is 0.154 e. The molecule has 0 saturated carbocycles. The summed E-state index contributed by atoms with van der Waals surface area (Å²) in [7, 11) is -3.08. The van der Waals surface area contributed by atoms with E-state index in [1.165, 1.54) is 0 Å². The van der Waals surface area contributed by atoms with Gasteiger partial charge in [-0.1, -0.05) is 35.8 Å². The normalized spacial score (nSPS) is 12.0. The molecule has 1 aromatic carbocycles. The maximum Gasteiger partial charge on any atom is 0.154 e. The van der Waals surface area contributed by atoms with Crippen LogP contribution in [0.3, 0.4) is 0 Å². The molecule has 96 valence electrons. The number of halogens is 1. The Hall–Kier alpha value is -0.550. The Labute approximate surface area is 111 Å². The van der Waals surface area contributed by atoms with Gasteiger partial charge in [0.05, 0.1) is 11.5 Å². The molecule has 0 bridgehead atoms. The van der Waals surface area contributed by atoms with Crippen LogP contribution in [0.5, 0.6) is 0 Å². The largest absolute Gasteiger partial charge is 0.398 e. The minimum Gasteiger partial charge on any atom is -0.398 e. The molecule has 0 fully saturated rings. The predicted octanol–water partition coefficient (Wildman–Crippen LogP) is 2.99. The number of nitrogen functional groups attached to an aromatic ring is 1. The van der Waals surface area contributed by atoms with E-state index >= 15 is 0 Å². The van der Waals surface area contributed by atoms with Gasteiger partial charge in [0, 0.05) is 15.7 Å². The summed E-state index contributed by atoms with van der Waals surface area (Å²) in [4.78, 5) is 0. The lowest BCUT2D eigenvalue weighted by Crippen LogP contribution is -2.12. The van der Waals surface area contributed by atoms with Gasteiger partial charge in [0.1, 0.15) is 0 Å². The zero-order valence-electron chi connectivity index (χ0n) is 10.1. The van der Waals surface area contributed by atoms with Crippen LogP contribution >= 0.6 is 15.9 Å². The van der Waals surface area contributed by atoms with Gasteiger partial charge in [-0.15, -0.1) is 0 Å². The van der Waals surface area contributed by atoms with Gasteiger partial charge in [0.15, 0.2) is 9.84 Å². The summed E-state index contributed by atoms with van der Waals surface area (Å²) in [6, 6.07) is 5.32. The van der Waals surface area contributed by atoms with E-state index in [0.717, 1.165) is 4.47 Å². The summed E-state index contributed by atoms with van der Waals surface area (Å²) in [5, 5.41) is 0. The summed E-state index contributed by atoms with van der Waals surface area (Å²) in [6.07, 6.45) is 0.687. The minimum absolute atomic E-state index is 0.00692. The zero-order valence-corrected chi connectivity index (χ0v) is 12.5. The van der Waals surface area contributed by atoms with E-state index in [1.54, 1.807) is 12.1 Å². The zero-order chi connectivity index (χ0) is 13.1. The minimum atomic E-state index is -3.08. The van der Waals surface area contributed by atoms with E-state index in [-0.39, 0.29) is 11.5 Å². The number of nitrogens with two attached hydrogens (primary N) is 1. The van der Waals surface area contributed by atoms with E-state index in [4.69, 9.17) is 5.73 Å². The van der Waals surface area contributed by atoms with Gasteiger partial charge in [-0.3, -0.25) is 0 Å². The molecule has 5 heteroatoms. The molecular formula is C12H18BrNO2S. The molecule has 0 spiro atoms. The van der Waals surface area contributed by atoms with Crippen LogP contribution in [0.15, 0.2) is 22.7 Å². The van der Waals surface area contributed by atoms with Gasteiger partial charge in [0.25, 0.3) is 0 Å². The van der Waals surface area contributed by atoms with Crippen molar-refractivity contribution in [2.24, 2.45) is 5.92 Å². The standard InChI is InChI=1S/C12H18BrNO2S/c1-9(2)6-7-17(15,16)8-10-11(13)4-3-5-12(10)14/h3-5,9H,6-8,14H2,1-2H3. The van der Waals surface area contributed by atoms with Gasteiger partial charge in [0.2, 0.25) is 0 Å². The van der Waals surface area contributed by atoms with Crippen LogP contribution in [0.25, 0.3) is 0 Å². The van der Waals surface area contributed by atoms with Gasteiger partial charge in [-0.05, 0) is 24.5 Å². The first-order valence-electron chi connectivity index (χ1n) is 5.55. The van der Waals surface area contributed by atoms with Crippen LogP contribution in [-0.2, 0) is 15.6 Å². The lowest BCUT2D eigenvalue weighted by molar-refractivity contribution is 0.573. The van der Waals surface area contributed by atoms with Crippen molar-refractivity contribution < 1.29 is 8.42 Å². The molecule has 0 aliphatic carbocycles. The highest BCUT2D eigenvalue weighted by atomic mass is 79.9. The molecule has 0 aliphatic rings. The molecule has 0 heterocycles. The predicted molar refractivity (Wildman–Crippen MR) is 75.5 cm³/mol. The van der Waals surface area contributed by atoms with Crippen LogP contribution < -0.4 is 5.73 Å². The fourth-order valence-electron chi connectivity index (χ4n) is 1.43. The summed E-state index contributed by atoms with van der Waals surface area (Å²) < 4.78 is 24.6. The lowest BCUT2D eigenvalue weighted by Gasteiger charge is -2.10. The van der Waals surface area contributed by atoms with E-state index < -0.39 is 9.84 Å². The van der Waals surface area contributed by atoms with Crippen LogP contribution in [-0.4, -0.2) is 14.2 Å². The first-order chi connectivity index (χ1) is 7.82. The highest BCUT2D eigenvalue weighted by Crippen LogP contribution is 2.25. The van der Waals surface area contributed by atoms with Crippen molar-refractivity contribution in [1.29, 1.82) is 0 Å². The number of rotatable bonds is 5. The summed E-state index contributed by atoms with van der Waals surface area (Å²) in [5.74, 6) is 0.611. The quantitative estimate of drug-likeness (QED) is 0.849. The maximum absolute atomic E-state index is 11.9. The van der Waals surface area contributed by atoms with Crippen LogP contribution in [0.1, 0.15) is 25.8 Å². The topological polar surface area (TPSA) is 60.2 Å². The second-order valence-corrected chi connectivity index (χ2v) is 7.62. The summed E-state index contributed by atoms with van der Waals surface area (Å²) >= 11 is 3.34. The Morgan fingerprint density at radius 2 is 2.00 bits per heavy atom. The molecule has 0 saturated heterocycles. The van der Waals surface area contributed by atoms with Crippen molar-refractivity contribution >= 4 is 31.5 Å². The van der Waals surface area contributed by atoms with Gasteiger partial charge in [-0.25, -0.2) is 8.42 Å². The number of benzene rings is 1. The number of hydrogen-bond donors (Lipinski definition) is 1. The third-order valence-electron chi connectivity index (χ3n) is 2.53. The molecule has 2 N–H and O–H groups in total. The Kier molecular flexibility index (Phi) is 5.01. The maximum atomic E-state index is 11.9. The highest BCUT2D eigenvalue weighted by Gasteiger charge is 2.16. The molecule has 0 aliphatic heterocycles. The van der Waals surface area contributed by atoms with Crippen molar-refractivity contribution in [1.82, 2.24) is 0 Å². The van der Waals surface area contributed by atoms with E-state index in [2.05, 4.69) is 15.9 Å². The fourth-order valence-corrected chi connectivity index (χ4v) is 3.88. The molecule has 0 radical (unpaired) electrons.